The molecule has 0 aliphatic carbocycles. The van der Waals surface area contributed by atoms with E-state index < -0.39 is 0 Å². The summed E-state index contributed by atoms with van der Waals surface area (Å²) >= 11 is 1.62. The van der Waals surface area contributed by atoms with Crippen LogP contribution in [-0.4, -0.2) is 19.1 Å². The Bertz CT molecular complexity index is 580. The van der Waals surface area contributed by atoms with Crippen molar-refractivity contribution in [2.75, 3.05) is 13.2 Å². The van der Waals surface area contributed by atoms with Gasteiger partial charge in [0.1, 0.15) is 5.75 Å². The summed E-state index contributed by atoms with van der Waals surface area (Å²) in [6, 6.07) is 10.1. The van der Waals surface area contributed by atoms with Crippen LogP contribution in [0, 0.1) is 5.92 Å². The molecule has 1 amide bonds. The largest absolute Gasteiger partial charge is 0.493 e. The Morgan fingerprint density at radius 3 is 3.10 bits per heavy atom. The zero-order valence-electron chi connectivity index (χ0n) is 11.2. The lowest BCUT2D eigenvalue weighted by atomic mass is 9.97. The Morgan fingerprint density at radius 1 is 1.35 bits per heavy atom. The molecule has 2 aromatic rings. The fourth-order valence-corrected chi connectivity index (χ4v) is 3.09. The van der Waals surface area contributed by atoms with E-state index >= 15 is 0 Å². The van der Waals surface area contributed by atoms with Crippen LogP contribution in [0.3, 0.4) is 0 Å². The smallest absolute Gasteiger partial charge is 0.224 e. The molecule has 1 atom stereocenters. The average Bonchev–Trinajstić information content (AvgIpc) is 2.98. The Balaban J connectivity index is 1.49. The first-order valence-electron chi connectivity index (χ1n) is 6.80. The van der Waals surface area contributed by atoms with E-state index in [-0.39, 0.29) is 5.91 Å². The molecule has 3 nitrogen and oxygen atoms in total. The Kier molecular flexibility index (Phi) is 4.02. The molecule has 1 N–H and O–H groups in total. The molecule has 1 aliphatic rings. The van der Waals surface area contributed by atoms with Gasteiger partial charge in [0.15, 0.2) is 0 Å². The van der Waals surface area contributed by atoms with E-state index in [1.54, 1.807) is 11.3 Å². The summed E-state index contributed by atoms with van der Waals surface area (Å²) in [5, 5.41) is 7.02. The second-order valence-corrected chi connectivity index (χ2v) is 5.88. The second kappa shape index (κ2) is 6.09. The monoisotopic (exact) mass is 287 g/mol. The number of thiophene rings is 1. The minimum atomic E-state index is 0.0854. The van der Waals surface area contributed by atoms with Gasteiger partial charge in [-0.15, -0.1) is 0 Å². The van der Waals surface area contributed by atoms with E-state index in [1.807, 2.05) is 35.0 Å². The van der Waals surface area contributed by atoms with Crippen LogP contribution < -0.4 is 10.1 Å². The summed E-state index contributed by atoms with van der Waals surface area (Å²) in [5.41, 5.74) is 2.31. The Hall–Kier alpha value is -1.81. The van der Waals surface area contributed by atoms with E-state index in [9.17, 15) is 4.79 Å². The lowest BCUT2D eigenvalue weighted by Gasteiger charge is -2.25. The van der Waals surface area contributed by atoms with Crippen LogP contribution >= 0.6 is 11.3 Å². The van der Waals surface area contributed by atoms with Gasteiger partial charge < -0.3 is 10.1 Å². The topological polar surface area (TPSA) is 38.3 Å². The zero-order valence-corrected chi connectivity index (χ0v) is 12.0. The first kappa shape index (κ1) is 13.2. The molecule has 1 aromatic heterocycles. The maximum atomic E-state index is 11.9. The number of benzene rings is 1. The Morgan fingerprint density at radius 2 is 2.25 bits per heavy atom. The molecule has 2 heterocycles. The van der Waals surface area contributed by atoms with Gasteiger partial charge >= 0.3 is 0 Å². The lowest BCUT2D eigenvalue weighted by molar-refractivity contribution is -0.120. The molecule has 0 spiro atoms. The van der Waals surface area contributed by atoms with E-state index in [1.165, 1.54) is 5.56 Å². The van der Waals surface area contributed by atoms with Crippen LogP contribution in [0.2, 0.25) is 0 Å². The summed E-state index contributed by atoms with van der Waals surface area (Å²) in [4.78, 5) is 11.9. The number of para-hydroxylation sites is 1. The predicted molar refractivity (Wildman–Crippen MR) is 80.2 cm³/mol. The highest BCUT2D eigenvalue weighted by molar-refractivity contribution is 7.07. The van der Waals surface area contributed by atoms with Gasteiger partial charge in [0.2, 0.25) is 5.91 Å². The number of carbonyl (C=O) groups is 1. The van der Waals surface area contributed by atoms with Crippen molar-refractivity contribution in [2.24, 2.45) is 5.92 Å². The molecule has 0 unspecified atom stereocenters. The van der Waals surface area contributed by atoms with E-state index in [4.69, 9.17) is 4.74 Å². The normalized spacial score (nSPS) is 17.1. The number of fused-ring (bicyclic) bond motifs is 1. The lowest BCUT2D eigenvalue weighted by Crippen LogP contribution is -2.35. The maximum Gasteiger partial charge on any atom is 0.224 e. The third kappa shape index (κ3) is 3.20. The highest BCUT2D eigenvalue weighted by atomic mass is 32.1. The van der Waals surface area contributed by atoms with Crippen LogP contribution in [-0.2, 0) is 17.6 Å². The highest BCUT2D eigenvalue weighted by Crippen LogP contribution is 2.26. The molecule has 0 saturated carbocycles. The summed E-state index contributed by atoms with van der Waals surface area (Å²) in [6.45, 7) is 1.35. The SMILES string of the molecule is O=C(Cc1ccsc1)NC[C@H]1COc2ccccc2C1. The number of amides is 1. The standard InChI is InChI=1S/C16H17NO2S/c18-16(8-12-5-6-20-11-12)17-9-13-7-14-3-1-2-4-15(14)19-10-13/h1-6,11,13H,7-10H2,(H,17,18)/t13-/m0/s1. The van der Waals surface area contributed by atoms with Gasteiger partial charge in [0.25, 0.3) is 0 Å². The van der Waals surface area contributed by atoms with Crippen molar-refractivity contribution in [2.45, 2.75) is 12.8 Å². The first-order chi connectivity index (χ1) is 9.81. The summed E-state index contributed by atoms with van der Waals surface area (Å²) < 4.78 is 5.72. The first-order valence-corrected chi connectivity index (χ1v) is 7.74. The molecular formula is C16H17NO2S. The van der Waals surface area contributed by atoms with E-state index in [0.29, 0.717) is 25.5 Å². The Labute approximate surface area is 122 Å². The fourth-order valence-electron chi connectivity index (χ4n) is 2.42. The van der Waals surface area contributed by atoms with Gasteiger partial charge in [-0.05, 0) is 40.4 Å². The molecule has 0 radical (unpaired) electrons. The zero-order chi connectivity index (χ0) is 13.8. The van der Waals surface area contributed by atoms with E-state index in [2.05, 4.69) is 11.4 Å². The van der Waals surface area contributed by atoms with Crippen molar-refractivity contribution in [1.29, 1.82) is 0 Å². The number of hydrogen-bond acceptors (Lipinski definition) is 3. The van der Waals surface area contributed by atoms with Gasteiger partial charge in [-0.25, -0.2) is 0 Å². The van der Waals surface area contributed by atoms with E-state index in [0.717, 1.165) is 17.7 Å². The van der Waals surface area contributed by atoms with Crippen molar-refractivity contribution in [3.63, 3.8) is 0 Å². The molecular weight excluding hydrogens is 270 g/mol. The third-order valence-corrected chi connectivity index (χ3v) is 4.22. The van der Waals surface area contributed by atoms with Gasteiger partial charge in [-0.3, -0.25) is 4.79 Å². The van der Waals surface area contributed by atoms with Gasteiger partial charge in [0.05, 0.1) is 13.0 Å². The summed E-state index contributed by atoms with van der Waals surface area (Å²) in [7, 11) is 0. The minimum absolute atomic E-state index is 0.0854. The minimum Gasteiger partial charge on any atom is -0.493 e. The number of ether oxygens (including phenoxy) is 1. The van der Waals surface area contributed by atoms with Crippen LogP contribution in [0.15, 0.2) is 41.1 Å². The number of rotatable bonds is 4. The molecule has 3 rings (SSSR count). The van der Waals surface area contributed by atoms with Crippen molar-refractivity contribution in [3.05, 3.63) is 52.2 Å². The van der Waals surface area contributed by atoms with Crippen LogP contribution in [0.25, 0.3) is 0 Å². The average molecular weight is 287 g/mol. The molecule has 20 heavy (non-hydrogen) atoms. The van der Waals surface area contributed by atoms with Gasteiger partial charge in [0, 0.05) is 12.5 Å². The number of carbonyl (C=O) groups excluding carboxylic acids is 1. The molecule has 4 heteroatoms. The summed E-state index contributed by atoms with van der Waals surface area (Å²) in [6.07, 6.45) is 1.43. The van der Waals surface area contributed by atoms with Crippen molar-refractivity contribution in [1.82, 2.24) is 5.32 Å². The van der Waals surface area contributed by atoms with Crippen molar-refractivity contribution < 1.29 is 9.53 Å². The van der Waals surface area contributed by atoms with Crippen LogP contribution in [0.5, 0.6) is 5.75 Å². The van der Waals surface area contributed by atoms with Gasteiger partial charge in [-0.2, -0.15) is 11.3 Å². The quantitative estimate of drug-likeness (QED) is 0.939. The molecule has 104 valence electrons. The van der Waals surface area contributed by atoms with Gasteiger partial charge in [-0.1, -0.05) is 18.2 Å². The maximum absolute atomic E-state index is 11.9. The molecule has 0 bridgehead atoms. The third-order valence-electron chi connectivity index (χ3n) is 3.49. The molecule has 1 aliphatic heterocycles. The van der Waals surface area contributed by atoms with Crippen molar-refractivity contribution in [3.8, 4) is 5.75 Å². The number of nitrogens with one attached hydrogen (secondary N) is 1. The second-order valence-electron chi connectivity index (χ2n) is 5.10. The number of hydrogen-bond donors (Lipinski definition) is 1. The molecule has 0 saturated heterocycles. The fraction of sp³-hybridized carbons (Fsp3) is 0.312. The van der Waals surface area contributed by atoms with Crippen LogP contribution in [0.4, 0.5) is 0 Å². The van der Waals surface area contributed by atoms with Crippen molar-refractivity contribution >= 4 is 17.2 Å². The molecule has 1 aromatic carbocycles. The van der Waals surface area contributed by atoms with Crippen LogP contribution in [0.1, 0.15) is 11.1 Å². The molecule has 0 fully saturated rings. The predicted octanol–water partition coefficient (Wildman–Crippen LogP) is 2.66. The summed E-state index contributed by atoms with van der Waals surface area (Å²) in [5.74, 6) is 1.42. The highest BCUT2D eigenvalue weighted by Gasteiger charge is 2.19.